The van der Waals surface area contributed by atoms with E-state index in [0.717, 1.165) is 66.1 Å². The molecule has 150 heavy (non-hydrogen) atoms. The summed E-state index contributed by atoms with van der Waals surface area (Å²) in [5.74, 6) is 23.8. The van der Waals surface area contributed by atoms with Gasteiger partial charge in [-0.1, -0.05) is 608 Å². The van der Waals surface area contributed by atoms with Gasteiger partial charge in [-0.15, -0.1) is 0 Å². The molecule has 0 nitrogen and oxygen atoms in total. The molecule has 35 aliphatic carbocycles. The van der Waals surface area contributed by atoms with Crippen LogP contribution in [0, 0.1) is 124 Å². The minimum Gasteiger partial charge on any atom is -0.0885 e. The molecule has 0 aliphatic heterocycles. The van der Waals surface area contributed by atoms with Crippen LogP contribution in [0.4, 0.5) is 0 Å². The maximum absolute atomic E-state index is 2.43. The van der Waals surface area contributed by atoms with Crippen molar-refractivity contribution < 1.29 is 0 Å². The minimum atomic E-state index is 0.856. The van der Waals surface area contributed by atoms with Gasteiger partial charge < -0.3 is 0 Å². The third kappa shape index (κ3) is 55.1. The molecule has 1 aromatic rings. The van der Waals surface area contributed by atoms with Gasteiger partial charge in [0.15, 0.2) is 0 Å². The van der Waals surface area contributed by atoms with E-state index in [1.807, 2.05) is 0 Å². The summed E-state index contributed by atoms with van der Waals surface area (Å²) in [4.78, 5) is 0. The Bertz CT molecular complexity index is 3430. The van der Waals surface area contributed by atoms with Crippen LogP contribution in [-0.2, 0) is 12.8 Å². The molecule has 0 amide bonds. The molecule has 1 aromatic carbocycles. The van der Waals surface area contributed by atoms with Crippen LogP contribution in [0.3, 0.4) is 0 Å². The Kier molecular flexibility index (Phi) is 66.2. The number of hydrogen-bond donors (Lipinski definition) is 0. The van der Waals surface area contributed by atoms with E-state index in [-0.39, 0.29) is 0 Å². The topological polar surface area (TPSA) is 0 Å². The van der Waals surface area contributed by atoms with Crippen LogP contribution in [-0.4, -0.2) is 0 Å². The fourth-order valence-corrected chi connectivity index (χ4v) is 31.9. The van der Waals surface area contributed by atoms with Crippen LogP contribution in [0.5, 0.6) is 0 Å². The molecule has 0 radical (unpaired) electrons. The van der Waals surface area contributed by atoms with E-state index in [2.05, 4.69) is 140 Å². The molecule has 35 aliphatic rings. The van der Waals surface area contributed by atoms with Crippen molar-refractivity contribution in [3.63, 3.8) is 0 Å². The van der Waals surface area contributed by atoms with E-state index >= 15 is 0 Å². The first kappa shape index (κ1) is 124. The number of aryl methyl sites for hydroxylation is 2. The number of allylic oxidation sites excluding steroid dienone is 20. The summed E-state index contributed by atoms with van der Waals surface area (Å²) < 4.78 is 0. The number of rotatable bonds is 0. The Labute approximate surface area is 935 Å². The van der Waals surface area contributed by atoms with Gasteiger partial charge in [0.05, 0.1) is 0 Å². The fraction of sp³-hybridized carbons (Fsp3) is 0.827. The zero-order chi connectivity index (χ0) is 103. The second-order valence-electron chi connectivity index (χ2n) is 55.3. The molecule has 0 heterocycles. The molecule has 0 heteroatoms. The van der Waals surface area contributed by atoms with Crippen LogP contribution in [0.15, 0.2) is 145 Å². The third-order valence-corrected chi connectivity index (χ3v) is 43.0. The van der Waals surface area contributed by atoms with Crippen molar-refractivity contribution in [1.82, 2.24) is 0 Å². The fourth-order valence-electron chi connectivity index (χ4n) is 31.9. The predicted octanol–water partition coefficient (Wildman–Crippen LogP) is 49.2. The number of fused-ring (bicyclic) bond motifs is 17. The first-order valence-corrected chi connectivity index (χ1v) is 70.2. The van der Waals surface area contributed by atoms with Gasteiger partial charge in [-0.25, -0.2) is 0 Å². The van der Waals surface area contributed by atoms with Crippen molar-refractivity contribution in [2.24, 2.45) is 124 Å². The molecular formula is C150H250. The first-order chi connectivity index (χ1) is 74.5. The second kappa shape index (κ2) is 80.4. The number of hydrogen-bond acceptors (Lipinski definition) is 0. The van der Waals surface area contributed by atoms with Crippen molar-refractivity contribution >= 4 is 0 Å². The van der Waals surface area contributed by atoms with Gasteiger partial charge >= 0.3 is 0 Å². The van der Waals surface area contributed by atoms with E-state index < -0.39 is 0 Å². The van der Waals surface area contributed by atoms with E-state index in [0.29, 0.717) is 0 Å². The highest BCUT2D eigenvalue weighted by molar-refractivity contribution is 5.30. The SMILES string of the molecule is C1=CC2CCC1C2.C1=CC2CCCC2=C1.C1=CC2CCCCC2C1.C1=CCC=CC1.C1=CCCC1.C1=CCCC=C1.C1=CCCCC1.C1CC1.C1CC2CC(C1)C2.C1CC2CC12.C1CC2CC2C1.C1CC2CCC1C2.C1CC2CCC1CC2.C1CC2CCCC2C1.C1CCC1.C1CCC2CCCC2C1.C1CCC2CCCCC2C1.C1CCCC1.C1CCCCC1.C1CCCCCC1.C1CCCCCCC1.c1ccc2c(c1)CCCC2. The summed E-state index contributed by atoms with van der Waals surface area (Å²) in [5, 5.41) is 0. The maximum Gasteiger partial charge on any atom is -0.00169 e. The Morgan fingerprint density at radius 2 is 0.467 bits per heavy atom. The maximum atomic E-state index is 2.43. The van der Waals surface area contributed by atoms with Crippen molar-refractivity contribution in [2.45, 2.75) is 661 Å². The molecule has 11 atom stereocenters. The zero-order valence-corrected chi connectivity index (χ0v) is 99.7. The Balaban J connectivity index is 0.000000131. The summed E-state index contributed by atoms with van der Waals surface area (Å²) in [7, 11) is 0. The smallest absolute Gasteiger partial charge is 0.00169 e. The van der Waals surface area contributed by atoms with Crippen molar-refractivity contribution in [3.8, 4) is 0 Å². The summed E-state index contributed by atoms with van der Waals surface area (Å²) in [6.07, 6.45) is 196. The highest BCUT2D eigenvalue weighted by atomic mass is 14.5. The molecule has 0 N–H and O–H groups in total. The Morgan fingerprint density at radius 3 is 0.693 bits per heavy atom. The lowest BCUT2D eigenvalue weighted by molar-refractivity contribution is 0.116. The van der Waals surface area contributed by atoms with E-state index in [4.69, 9.17) is 0 Å². The Hall–Kier alpha value is -3.38. The molecule has 36 rings (SSSR count). The molecule has 11 unspecified atom stereocenters. The van der Waals surface area contributed by atoms with E-state index in [9.17, 15) is 0 Å². The molecular weight excluding hydrogens is 1800 g/mol. The Morgan fingerprint density at radius 1 is 0.160 bits per heavy atom. The summed E-state index contributed by atoms with van der Waals surface area (Å²) in [5.41, 5.74) is 4.83. The first-order valence-electron chi connectivity index (χ1n) is 70.2. The molecule has 0 spiro atoms. The van der Waals surface area contributed by atoms with Crippen molar-refractivity contribution in [1.29, 1.82) is 0 Å². The molecule has 8 bridgehead atoms. The van der Waals surface area contributed by atoms with Gasteiger partial charge in [-0.3, -0.25) is 0 Å². The normalized spacial score (nSPS) is 34.3. The van der Waals surface area contributed by atoms with Gasteiger partial charge in [0.25, 0.3) is 0 Å². The molecule has 0 saturated heterocycles. The lowest BCUT2D eigenvalue weighted by atomic mass is 9.65. The van der Waals surface area contributed by atoms with Gasteiger partial charge in [-0.2, -0.15) is 0 Å². The third-order valence-electron chi connectivity index (χ3n) is 43.0. The highest BCUT2D eigenvalue weighted by Gasteiger charge is 2.45. The van der Waals surface area contributed by atoms with Gasteiger partial charge in [0.2, 0.25) is 0 Å². The molecule has 27 saturated carbocycles. The van der Waals surface area contributed by atoms with Gasteiger partial charge in [0, 0.05) is 0 Å². The minimum absolute atomic E-state index is 0.856. The monoisotopic (exact) mass is 2050 g/mol. The average molecular weight is 2050 g/mol. The van der Waals surface area contributed by atoms with Crippen LogP contribution in [0.2, 0.25) is 0 Å². The average Bonchev–Trinajstić information content (AvgIpc) is 1.43. The van der Waals surface area contributed by atoms with Gasteiger partial charge in [0.1, 0.15) is 0 Å². The number of benzene rings is 1. The largest absolute Gasteiger partial charge is 0.0885 e. The zero-order valence-electron chi connectivity index (χ0n) is 99.7. The molecule has 0 aromatic heterocycles. The summed E-state index contributed by atoms with van der Waals surface area (Å²) >= 11 is 0. The van der Waals surface area contributed by atoms with Crippen LogP contribution in [0.1, 0.15) is 660 Å². The molecule has 27 fully saturated rings. The lowest BCUT2D eigenvalue weighted by Gasteiger charge is -2.40. The van der Waals surface area contributed by atoms with Gasteiger partial charge in [-0.05, 0) is 334 Å². The van der Waals surface area contributed by atoms with Crippen molar-refractivity contribution in [2.75, 3.05) is 0 Å². The second-order valence-corrected chi connectivity index (χ2v) is 55.3. The van der Waals surface area contributed by atoms with Crippen molar-refractivity contribution in [3.05, 3.63) is 156 Å². The standard InChI is InChI=1S/C10H18.C10H12.C9H16.C9H14.C8H14.C8H10.C8H14.C8H16.C7H12.C7H10.C7H12.C7H14.C6H10.C6H12.C6H10.2C6H8.C5H8.C5H10.C5H8.C4H8.C3H6/c2*1-2-6-10-8-4-3-7-9(10)5-1;2*1-2-5-9-7-3-6-8(9)4-1;2*1-3-7-5-2-6-8(7)4-1;1-2-8-5-3-7(1)4-6-8;1-2-4-6-8-7-5-3-1;2*1-2-7-4-3-6(1)5-7;1-2-6-4-7(3-1)5-6;1-2-4-6-7-5-3-1;1-2-5-4-6(5)3-1;4*1-2-4-6-5-3-1;1-2-5-3-4(1)5;2*1-2-4-5-3-1;1-2-4-3-1;1-2-3-1/h9-10H,1-8H2;1-2,5-6H,3-4,7-8H2;8-9H,1-7H2;3,6,8-9H,1-2,4-5,7H2;7-8H,1-6H2;1,3-4,7H,2,5-6H2;7-8H,1-6H2;1-8H2;6-7H,1-5H2;1-2,6-7H,3-5H2;6-7H,1-5H2;1-7H2;5-6H,1-4H2;1-6H2;1-2H,3-6H2;1-2,5-6H,3-4H2;1-4H,5-6H2;4-5H,1-3H2;1-5H2;1-2H,3-5H2;1-4H2;1-3H2. The quantitative estimate of drug-likeness (QED) is 0.179. The lowest BCUT2D eigenvalue weighted by Crippen LogP contribution is -2.28. The van der Waals surface area contributed by atoms with E-state index in [1.165, 1.54) is 508 Å². The highest BCUT2D eigenvalue weighted by Crippen LogP contribution is 2.56. The van der Waals surface area contributed by atoms with Crippen LogP contribution < -0.4 is 0 Å². The summed E-state index contributed by atoms with van der Waals surface area (Å²) in [6.45, 7) is 0. The molecule has 850 valence electrons. The predicted molar refractivity (Wildman–Crippen MR) is 664 cm³/mol. The van der Waals surface area contributed by atoms with Crippen LogP contribution in [0.25, 0.3) is 0 Å². The van der Waals surface area contributed by atoms with E-state index in [1.54, 1.807) is 229 Å². The van der Waals surface area contributed by atoms with Crippen LogP contribution >= 0.6 is 0 Å². The summed E-state index contributed by atoms with van der Waals surface area (Å²) in [6, 6.07) is 8.80.